The number of fused-ring (bicyclic) bond motifs is 4. The minimum Gasteiger partial charge on any atom is -0.457 e. The number of ketones is 4. The molecule has 10 rings (SSSR count). The molecule has 0 heterocycles. The van der Waals surface area contributed by atoms with E-state index in [4.69, 9.17) is 51.1 Å². The van der Waals surface area contributed by atoms with E-state index < -0.39 is 23.1 Å². The molecule has 0 fully saturated rings. The van der Waals surface area contributed by atoms with Crippen molar-refractivity contribution in [2.75, 3.05) is 0 Å². The van der Waals surface area contributed by atoms with Gasteiger partial charge in [0.15, 0.2) is 23.1 Å². The fourth-order valence-corrected chi connectivity index (χ4v) is 10.7. The Morgan fingerprint density at radius 1 is 0.319 bits per heavy atom. The van der Waals surface area contributed by atoms with Crippen molar-refractivity contribution in [1.82, 2.24) is 0 Å². The van der Waals surface area contributed by atoms with Gasteiger partial charge in [0.05, 0.1) is 20.1 Å². The summed E-state index contributed by atoms with van der Waals surface area (Å²) in [6, 6.07) is 47.2. The highest BCUT2D eigenvalue weighted by atomic mass is 35.5. The van der Waals surface area contributed by atoms with E-state index in [2.05, 4.69) is 0 Å². The predicted octanol–water partition coefficient (Wildman–Crippen LogP) is 16.9. The van der Waals surface area contributed by atoms with Crippen molar-refractivity contribution in [2.45, 2.75) is 27.7 Å². The number of halogens is 4. The molecule has 0 aliphatic heterocycles. The van der Waals surface area contributed by atoms with E-state index in [0.717, 1.165) is 21.5 Å². The third-order valence-corrected chi connectivity index (χ3v) is 14.3. The summed E-state index contributed by atoms with van der Waals surface area (Å²) in [7, 11) is 0. The summed E-state index contributed by atoms with van der Waals surface area (Å²) >= 11 is 27.6. The third kappa shape index (κ3) is 7.76. The van der Waals surface area contributed by atoms with E-state index in [1.807, 2.05) is 121 Å². The molecule has 0 unspecified atom stereocenters. The first-order valence-corrected chi connectivity index (χ1v) is 23.6. The Balaban J connectivity index is 1.21. The molecule has 9 heteroatoms. The van der Waals surface area contributed by atoms with Crippen molar-refractivity contribution in [3.8, 4) is 11.5 Å². The van der Waals surface area contributed by atoms with Crippen molar-refractivity contribution in [2.24, 2.45) is 0 Å². The molecule has 0 radical (unpaired) electrons. The zero-order valence-electron chi connectivity index (χ0n) is 37.6. The average Bonchev–Trinajstić information content (AvgIpc) is 3.34. The second-order valence-corrected chi connectivity index (χ2v) is 18.8. The molecule has 0 amide bonds. The van der Waals surface area contributed by atoms with Gasteiger partial charge in [-0.3, -0.25) is 19.2 Å². The van der Waals surface area contributed by atoms with Crippen LogP contribution in [0.3, 0.4) is 0 Å². The van der Waals surface area contributed by atoms with Gasteiger partial charge in [-0.05, 0) is 118 Å². The van der Waals surface area contributed by atoms with Crippen molar-refractivity contribution in [3.05, 3.63) is 245 Å². The lowest BCUT2D eigenvalue weighted by molar-refractivity contribution is 0.100. The lowest BCUT2D eigenvalue weighted by atomic mass is 9.84. The summed E-state index contributed by atoms with van der Waals surface area (Å²) in [4.78, 5) is 61.4. The highest BCUT2D eigenvalue weighted by Crippen LogP contribution is 2.43. The van der Waals surface area contributed by atoms with E-state index in [-0.39, 0.29) is 76.1 Å². The van der Waals surface area contributed by atoms with Gasteiger partial charge in [0, 0.05) is 55.6 Å². The number of carbonyl (C=O) groups is 4. The Kier molecular flexibility index (Phi) is 12.0. The molecule has 0 aliphatic carbocycles. The van der Waals surface area contributed by atoms with Crippen LogP contribution in [0, 0.1) is 27.7 Å². The highest BCUT2D eigenvalue weighted by Gasteiger charge is 2.33. The predicted molar refractivity (Wildman–Crippen MR) is 281 cm³/mol. The number of hydrogen-bond donors (Lipinski definition) is 0. The molecule has 0 spiro atoms. The molecule has 0 aliphatic rings. The van der Waals surface area contributed by atoms with Gasteiger partial charge < -0.3 is 4.74 Å². The zero-order chi connectivity index (χ0) is 48.4. The molecule has 10 aromatic carbocycles. The Bertz CT molecular complexity index is 3640. The monoisotopic (exact) mass is 978 g/mol. The normalized spacial score (nSPS) is 11.4. The molecular weight excluding hydrogens is 942 g/mol. The molecule has 336 valence electrons. The number of ether oxygens (including phenoxy) is 1. The summed E-state index contributed by atoms with van der Waals surface area (Å²) in [5, 5.41) is 6.50. The Hall–Kier alpha value is -7.12. The third-order valence-electron chi connectivity index (χ3n) is 13.0. The largest absolute Gasteiger partial charge is 0.457 e. The first kappa shape index (κ1) is 45.7. The van der Waals surface area contributed by atoms with Gasteiger partial charge in [0.1, 0.15) is 11.5 Å². The van der Waals surface area contributed by atoms with Crippen LogP contribution < -0.4 is 4.74 Å². The van der Waals surface area contributed by atoms with Crippen LogP contribution in [-0.4, -0.2) is 23.1 Å². The van der Waals surface area contributed by atoms with Crippen LogP contribution in [0.1, 0.15) is 85.9 Å². The van der Waals surface area contributed by atoms with E-state index in [0.29, 0.717) is 43.8 Å². The van der Waals surface area contributed by atoms with Crippen molar-refractivity contribution >= 4 is 113 Å². The number of aryl methyl sites for hydroxylation is 2. The van der Waals surface area contributed by atoms with Gasteiger partial charge in [-0.2, -0.15) is 0 Å². The summed E-state index contributed by atoms with van der Waals surface area (Å²) in [5.41, 5.74) is 2.86. The Morgan fingerprint density at radius 3 is 0.841 bits per heavy atom. The van der Waals surface area contributed by atoms with Crippen molar-refractivity contribution in [1.29, 1.82) is 0 Å². The van der Waals surface area contributed by atoms with E-state index >= 15 is 19.2 Å². The molecule has 0 aromatic heterocycles. The van der Waals surface area contributed by atoms with Crippen LogP contribution in [-0.2, 0) is 0 Å². The summed E-state index contributed by atoms with van der Waals surface area (Å²) in [6.07, 6.45) is 0. The lowest BCUT2D eigenvalue weighted by Crippen LogP contribution is -2.18. The molecule has 0 saturated carbocycles. The van der Waals surface area contributed by atoms with Crippen LogP contribution in [0.5, 0.6) is 11.5 Å². The molecule has 69 heavy (non-hydrogen) atoms. The Morgan fingerprint density at radius 2 is 0.565 bits per heavy atom. The Labute approximate surface area is 417 Å². The standard InChI is InChI=1S/C60H38Cl4O5/c1-31-29-47(33(3)51(59(67)55-41-19-11-7-15-37(41)23-27-45(55)63)49(31)57(65)53-39-17-9-5-13-35(39)21-25-43(53)61)69-48-30-32(2)50(58(66)54-40-18-10-6-14-36(40)22-26-44(54)62)52(34(48)4)60(68)56-42-20-12-8-16-38(42)24-28-46(56)64/h5-30H,1-4H3. The number of hydrogen-bond acceptors (Lipinski definition) is 5. The van der Waals surface area contributed by atoms with Gasteiger partial charge in [-0.25, -0.2) is 0 Å². The van der Waals surface area contributed by atoms with Gasteiger partial charge >= 0.3 is 0 Å². The summed E-state index contributed by atoms with van der Waals surface area (Å²) in [5.74, 6) is -1.44. The van der Waals surface area contributed by atoms with Crippen LogP contribution in [0.2, 0.25) is 20.1 Å². The molecule has 10 aromatic rings. The smallest absolute Gasteiger partial charge is 0.196 e. The van der Waals surface area contributed by atoms with Crippen LogP contribution >= 0.6 is 46.4 Å². The number of rotatable bonds is 10. The maximum atomic E-state index is 15.5. The van der Waals surface area contributed by atoms with Crippen LogP contribution in [0.25, 0.3) is 43.1 Å². The van der Waals surface area contributed by atoms with Gasteiger partial charge in [-0.15, -0.1) is 0 Å². The van der Waals surface area contributed by atoms with Gasteiger partial charge in [0.2, 0.25) is 0 Å². The minimum absolute atomic E-state index is 0.0721. The quantitative estimate of drug-likeness (QED) is 0.128. The van der Waals surface area contributed by atoms with Crippen LogP contribution in [0.15, 0.2) is 158 Å². The zero-order valence-corrected chi connectivity index (χ0v) is 40.6. The second kappa shape index (κ2) is 18.1. The molecule has 0 saturated heterocycles. The first-order chi connectivity index (χ1) is 33.2. The van der Waals surface area contributed by atoms with E-state index in [9.17, 15) is 0 Å². The fourth-order valence-electron chi connectivity index (χ4n) is 9.66. The maximum absolute atomic E-state index is 15.5. The number of benzene rings is 10. The minimum atomic E-state index is -0.496. The van der Waals surface area contributed by atoms with E-state index in [1.165, 1.54) is 0 Å². The molecule has 5 nitrogen and oxygen atoms in total. The highest BCUT2D eigenvalue weighted by molar-refractivity contribution is 6.41. The van der Waals surface area contributed by atoms with Gasteiger partial charge in [0.25, 0.3) is 0 Å². The molecular formula is C60H38Cl4O5. The SMILES string of the molecule is Cc1cc(Oc2cc(C)c(C(=O)c3c(Cl)ccc4ccccc34)c(C(=O)c3c(Cl)ccc4ccccc34)c2C)c(C)c(C(=O)c2c(Cl)ccc3ccccc23)c1C(=O)c1c(Cl)ccc2ccccc12. The summed E-state index contributed by atoms with van der Waals surface area (Å²) < 4.78 is 6.91. The molecule has 0 N–H and O–H groups in total. The van der Waals surface area contributed by atoms with E-state index in [1.54, 1.807) is 64.1 Å². The average molecular weight is 981 g/mol. The summed E-state index contributed by atoms with van der Waals surface area (Å²) in [6.45, 7) is 6.91. The van der Waals surface area contributed by atoms with Crippen molar-refractivity contribution in [3.63, 3.8) is 0 Å². The van der Waals surface area contributed by atoms with Crippen molar-refractivity contribution < 1.29 is 23.9 Å². The van der Waals surface area contributed by atoms with Crippen LogP contribution in [0.4, 0.5) is 0 Å². The molecule has 0 bridgehead atoms. The van der Waals surface area contributed by atoms with Gasteiger partial charge in [-0.1, -0.05) is 168 Å². The fraction of sp³-hybridized carbons (Fsp3) is 0.0667. The molecule has 0 atom stereocenters. The second-order valence-electron chi connectivity index (χ2n) is 17.1. The topological polar surface area (TPSA) is 77.5 Å². The maximum Gasteiger partial charge on any atom is 0.196 e. The lowest BCUT2D eigenvalue weighted by Gasteiger charge is -2.23. The number of carbonyl (C=O) groups excluding carboxylic acids is 4. The first-order valence-electron chi connectivity index (χ1n) is 22.1.